The van der Waals surface area contributed by atoms with Gasteiger partial charge in [-0.1, -0.05) is 20.3 Å². The van der Waals surface area contributed by atoms with Crippen LogP contribution in [0.4, 0.5) is 0 Å². The summed E-state index contributed by atoms with van der Waals surface area (Å²) in [5, 5.41) is 9.10. The fourth-order valence-electron chi connectivity index (χ4n) is 8.04. The minimum atomic E-state index is -0.604. The molecular weight excluding hydrogens is 380 g/mol. The molecule has 6 aliphatic carbocycles. The zero-order valence-corrected chi connectivity index (χ0v) is 20.1. The predicted octanol–water partition coefficient (Wildman–Crippen LogP) is 7.27. The van der Waals surface area contributed by atoms with Gasteiger partial charge < -0.3 is 5.11 Å². The standard InChI is InChI=1S/C29H46O2/c1-3-17-5-19(17)7-21-9-23(21)11-25-13-27(25)15-28-14-26(28)12-24-10-22(24)8-20-6-18(20)4-16(2)29(30)31/h16-28H,3-15H2,1-2H3,(H,30,31). The van der Waals surface area contributed by atoms with E-state index in [2.05, 4.69) is 6.92 Å². The maximum absolute atomic E-state index is 11.0. The maximum atomic E-state index is 11.0. The maximum Gasteiger partial charge on any atom is 0.306 e. The molecule has 0 bridgehead atoms. The van der Waals surface area contributed by atoms with Gasteiger partial charge in [0.25, 0.3) is 0 Å². The molecule has 6 aliphatic rings. The second kappa shape index (κ2) is 8.05. The summed E-state index contributed by atoms with van der Waals surface area (Å²) in [5.41, 5.74) is 0. The third-order valence-corrected chi connectivity index (χ3v) is 11.0. The van der Waals surface area contributed by atoms with Gasteiger partial charge in [-0.25, -0.2) is 0 Å². The average molecular weight is 427 g/mol. The molecule has 174 valence electrons. The lowest BCUT2D eigenvalue weighted by molar-refractivity contribution is -0.141. The van der Waals surface area contributed by atoms with Gasteiger partial charge in [0.05, 0.1) is 5.92 Å². The molecule has 0 saturated heterocycles. The molecule has 6 fully saturated rings. The molecule has 6 rings (SSSR count). The van der Waals surface area contributed by atoms with Gasteiger partial charge in [0.15, 0.2) is 0 Å². The van der Waals surface area contributed by atoms with Gasteiger partial charge in [-0.05, 0) is 148 Å². The van der Waals surface area contributed by atoms with Gasteiger partial charge in [0, 0.05) is 0 Å². The lowest BCUT2D eigenvalue weighted by Gasteiger charge is -2.05. The quantitative estimate of drug-likeness (QED) is 0.317. The van der Waals surface area contributed by atoms with E-state index in [1.54, 1.807) is 51.4 Å². The number of hydrogen-bond donors (Lipinski definition) is 1. The highest BCUT2D eigenvalue weighted by molar-refractivity contribution is 5.69. The van der Waals surface area contributed by atoms with Gasteiger partial charge in [-0.15, -0.1) is 0 Å². The van der Waals surface area contributed by atoms with E-state index in [4.69, 9.17) is 5.11 Å². The molecular formula is C29H46O2. The molecule has 13 unspecified atom stereocenters. The Morgan fingerprint density at radius 2 is 0.903 bits per heavy atom. The molecule has 0 heterocycles. The Labute approximate surface area is 190 Å². The molecule has 0 amide bonds. The van der Waals surface area contributed by atoms with Crippen molar-refractivity contribution in [1.82, 2.24) is 0 Å². The Bertz CT molecular complexity index is 686. The number of aliphatic carboxylic acids is 1. The molecule has 0 spiro atoms. The topological polar surface area (TPSA) is 37.3 Å². The highest BCUT2D eigenvalue weighted by Gasteiger charge is 2.52. The van der Waals surface area contributed by atoms with Crippen molar-refractivity contribution >= 4 is 5.97 Å². The molecule has 1 N–H and O–H groups in total. The van der Waals surface area contributed by atoms with Crippen molar-refractivity contribution in [2.45, 2.75) is 97.3 Å². The highest BCUT2D eigenvalue weighted by atomic mass is 16.4. The van der Waals surface area contributed by atoms with Crippen LogP contribution in [0, 0.1) is 76.9 Å². The smallest absolute Gasteiger partial charge is 0.306 e. The molecule has 2 heteroatoms. The molecule has 0 aromatic heterocycles. The minimum absolute atomic E-state index is 0.138. The molecule has 0 aromatic rings. The van der Waals surface area contributed by atoms with Crippen LogP contribution in [0.2, 0.25) is 0 Å². The first-order valence-corrected chi connectivity index (χ1v) is 14.2. The third kappa shape index (κ3) is 5.19. The first-order chi connectivity index (χ1) is 15.0. The van der Waals surface area contributed by atoms with Crippen LogP contribution in [0.1, 0.15) is 97.3 Å². The van der Waals surface area contributed by atoms with E-state index in [1.165, 1.54) is 25.7 Å². The molecule has 0 radical (unpaired) electrons. The third-order valence-electron chi connectivity index (χ3n) is 11.0. The molecule has 0 aromatic carbocycles. The molecule has 13 atom stereocenters. The van der Waals surface area contributed by atoms with E-state index >= 15 is 0 Å². The Morgan fingerprint density at radius 1 is 0.613 bits per heavy atom. The summed E-state index contributed by atoms with van der Waals surface area (Å²) in [5.74, 6) is 11.9. The van der Waals surface area contributed by atoms with Gasteiger partial charge in [0.2, 0.25) is 0 Å². The van der Waals surface area contributed by atoms with E-state index in [9.17, 15) is 4.79 Å². The largest absolute Gasteiger partial charge is 0.481 e. The van der Waals surface area contributed by atoms with Crippen LogP contribution in [0.15, 0.2) is 0 Å². The summed E-state index contributed by atoms with van der Waals surface area (Å²) >= 11 is 0. The number of rotatable bonds is 14. The van der Waals surface area contributed by atoms with E-state index < -0.39 is 5.97 Å². The SMILES string of the molecule is CCC1CC1CC1CC1CC1CC1CC1CC1CC1CC1CC1CC1CC(C)C(=O)O. The van der Waals surface area contributed by atoms with E-state index in [-0.39, 0.29) is 5.92 Å². The zero-order chi connectivity index (χ0) is 21.3. The summed E-state index contributed by atoms with van der Waals surface area (Å²) < 4.78 is 0. The minimum Gasteiger partial charge on any atom is -0.481 e. The van der Waals surface area contributed by atoms with Crippen LogP contribution in [-0.4, -0.2) is 11.1 Å². The second-order valence-electron chi connectivity index (χ2n) is 13.6. The summed E-state index contributed by atoms with van der Waals surface area (Å²) in [7, 11) is 0. The van der Waals surface area contributed by atoms with Gasteiger partial charge in [0.1, 0.15) is 0 Å². The molecule has 6 saturated carbocycles. The fourth-order valence-corrected chi connectivity index (χ4v) is 8.04. The Hall–Kier alpha value is -0.530. The lowest BCUT2D eigenvalue weighted by atomic mass is 10.0. The van der Waals surface area contributed by atoms with Crippen LogP contribution in [0.25, 0.3) is 0 Å². The Balaban J connectivity index is 0.809. The molecule has 2 nitrogen and oxygen atoms in total. The summed E-state index contributed by atoms with van der Waals surface area (Å²) in [6.07, 6.45) is 19.2. The van der Waals surface area contributed by atoms with Crippen molar-refractivity contribution in [1.29, 1.82) is 0 Å². The van der Waals surface area contributed by atoms with E-state index in [0.29, 0.717) is 0 Å². The van der Waals surface area contributed by atoms with Crippen LogP contribution >= 0.6 is 0 Å². The highest BCUT2D eigenvalue weighted by Crippen LogP contribution is 2.62. The number of carboxylic acids is 1. The fraction of sp³-hybridized carbons (Fsp3) is 0.966. The second-order valence-corrected chi connectivity index (χ2v) is 13.6. The lowest BCUT2D eigenvalue weighted by Crippen LogP contribution is -2.10. The first-order valence-electron chi connectivity index (χ1n) is 14.2. The van der Waals surface area contributed by atoms with Gasteiger partial charge in [-0.2, -0.15) is 0 Å². The van der Waals surface area contributed by atoms with Crippen molar-refractivity contribution in [2.75, 3.05) is 0 Å². The van der Waals surface area contributed by atoms with Crippen LogP contribution in [-0.2, 0) is 4.79 Å². The summed E-state index contributed by atoms with van der Waals surface area (Å²) in [4.78, 5) is 11.0. The van der Waals surface area contributed by atoms with Crippen LogP contribution in [0.3, 0.4) is 0 Å². The molecule has 0 aliphatic heterocycles. The Morgan fingerprint density at radius 3 is 1.23 bits per heavy atom. The first kappa shape index (κ1) is 21.0. The van der Waals surface area contributed by atoms with Gasteiger partial charge in [-0.3, -0.25) is 4.79 Å². The zero-order valence-electron chi connectivity index (χ0n) is 20.1. The van der Waals surface area contributed by atoms with Crippen molar-refractivity contribution in [3.05, 3.63) is 0 Å². The van der Waals surface area contributed by atoms with E-state index in [0.717, 1.165) is 77.4 Å². The van der Waals surface area contributed by atoms with Crippen molar-refractivity contribution in [2.24, 2.45) is 76.9 Å². The monoisotopic (exact) mass is 426 g/mol. The summed E-state index contributed by atoms with van der Waals surface area (Å²) in [6.45, 7) is 4.26. The number of carbonyl (C=O) groups is 1. The average Bonchev–Trinajstić information content (AvgIpc) is 3.56. The number of carboxylic acid groups (broad SMARTS) is 1. The number of hydrogen-bond acceptors (Lipinski definition) is 1. The van der Waals surface area contributed by atoms with E-state index in [1.807, 2.05) is 6.92 Å². The predicted molar refractivity (Wildman–Crippen MR) is 124 cm³/mol. The van der Waals surface area contributed by atoms with Crippen molar-refractivity contribution in [3.8, 4) is 0 Å². The normalized spacial score (nSPS) is 51.8. The van der Waals surface area contributed by atoms with Crippen LogP contribution < -0.4 is 0 Å². The Kier molecular flexibility index (Phi) is 5.46. The van der Waals surface area contributed by atoms with Gasteiger partial charge >= 0.3 is 5.97 Å². The molecule has 31 heavy (non-hydrogen) atoms. The van der Waals surface area contributed by atoms with Crippen molar-refractivity contribution in [3.63, 3.8) is 0 Å². The van der Waals surface area contributed by atoms with Crippen LogP contribution in [0.5, 0.6) is 0 Å². The van der Waals surface area contributed by atoms with Crippen molar-refractivity contribution < 1.29 is 9.90 Å². The summed E-state index contributed by atoms with van der Waals surface area (Å²) in [6, 6.07) is 0.